The molecule has 4 heteroatoms. The molecule has 1 aliphatic rings. The summed E-state index contributed by atoms with van der Waals surface area (Å²) in [5, 5.41) is 4.45. The lowest BCUT2D eigenvalue weighted by Crippen LogP contribution is -2.42. The molecule has 90 valence electrons. The van der Waals surface area contributed by atoms with Crippen molar-refractivity contribution in [3.63, 3.8) is 0 Å². The highest BCUT2D eigenvalue weighted by atomic mass is 15.3. The Morgan fingerprint density at radius 2 is 2.19 bits per heavy atom. The molecule has 0 unspecified atom stereocenters. The fourth-order valence-electron chi connectivity index (χ4n) is 2.50. The molecule has 2 heterocycles. The molecule has 1 aromatic rings. The van der Waals surface area contributed by atoms with Crippen LogP contribution in [0, 0.1) is 13.8 Å². The second kappa shape index (κ2) is 4.55. The molecule has 4 nitrogen and oxygen atoms in total. The number of hydrogen-bond donors (Lipinski definition) is 1. The van der Waals surface area contributed by atoms with Crippen molar-refractivity contribution in [1.29, 1.82) is 0 Å². The molecule has 16 heavy (non-hydrogen) atoms. The van der Waals surface area contributed by atoms with Crippen LogP contribution in [-0.4, -0.2) is 33.8 Å². The third-order valence-electron chi connectivity index (χ3n) is 3.58. The molecule has 1 aliphatic heterocycles. The summed E-state index contributed by atoms with van der Waals surface area (Å²) in [5.41, 5.74) is 9.80. The maximum atomic E-state index is 6.00. The number of hydrogen-bond acceptors (Lipinski definition) is 3. The van der Waals surface area contributed by atoms with E-state index in [-0.39, 0.29) is 0 Å². The molecule has 2 rings (SSSR count). The predicted octanol–water partition coefficient (Wildman–Crippen LogP) is 0.960. The van der Waals surface area contributed by atoms with Gasteiger partial charge < -0.3 is 5.73 Å². The third kappa shape index (κ3) is 2.28. The Kier molecular flexibility index (Phi) is 3.30. The van der Waals surface area contributed by atoms with Crippen molar-refractivity contribution in [3.8, 4) is 0 Å². The third-order valence-corrected chi connectivity index (χ3v) is 3.58. The number of likely N-dealkylation sites (tertiary alicyclic amines) is 1. The summed E-state index contributed by atoms with van der Waals surface area (Å²) < 4.78 is 1.97. The van der Waals surface area contributed by atoms with Gasteiger partial charge in [-0.2, -0.15) is 5.10 Å². The van der Waals surface area contributed by atoms with Gasteiger partial charge in [0.25, 0.3) is 0 Å². The Labute approximate surface area is 97.4 Å². The first-order valence-corrected chi connectivity index (χ1v) is 6.05. The summed E-state index contributed by atoms with van der Waals surface area (Å²) in [7, 11) is 2.01. The molecule has 1 atom stereocenters. The molecule has 0 aromatic carbocycles. The lowest BCUT2D eigenvalue weighted by Gasteiger charge is -2.30. The minimum Gasteiger partial charge on any atom is -0.327 e. The number of nitrogens with zero attached hydrogens (tertiary/aromatic N) is 3. The van der Waals surface area contributed by atoms with E-state index < -0.39 is 0 Å². The van der Waals surface area contributed by atoms with Crippen LogP contribution in [0.5, 0.6) is 0 Å². The summed E-state index contributed by atoms with van der Waals surface area (Å²) in [6, 6.07) is 0.353. The van der Waals surface area contributed by atoms with Crippen molar-refractivity contribution in [2.24, 2.45) is 12.8 Å². The van der Waals surface area contributed by atoms with E-state index in [1.165, 1.54) is 30.6 Å². The Bertz CT molecular complexity index is 369. The van der Waals surface area contributed by atoms with E-state index >= 15 is 0 Å². The number of aromatic nitrogens is 2. The first-order valence-electron chi connectivity index (χ1n) is 6.05. The molecule has 1 aromatic heterocycles. The van der Waals surface area contributed by atoms with Crippen LogP contribution in [0.4, 0.5) is 0 Å². The SMILES string of the molecule is Cc1nn(C)c(C)c1CN1CCC[C@@H](N)C1. The minimum atomic E-state index is 0.353. The van der Waals surface area contributed by atoms with Gasteiger partial charge in [-0.1, -0.05) is 0 Å². The first kappa shape index (κ1) is 11.6. The van der Waals surface area contributed by atoms with Gasteiger partial charge in [0.15, 0.2) is 0 Å². The maximum absolute atomic E-state index is 6.00. The highest BCUT2D eigenvalue weighted by Gasteiger charge is 2.19. The molecule has 0 spiro atoms. The zero-order valence-electron chi connectivity index (χ0n) is 10.5. The fourth-order valence-corrected chi connectivity index (χ4v) is 2.50. The quantitative estimate of drug-likeness (QED) is 0.811. The standard InChI is InChI=1S/C12H22N4/c1-9-12(10(2)15(3)14-9)8-16-6-4-5-11(13)7-16/h11H,4-8,13H2,1-3H3/t11-/m1/s1. The predicted molar refractivity (Wildman–Crippen MR) is 65.2 cm³/mol. The van der Waals surface area contributed by atoms with Crippen LogP contribution in [0.2, 0.25) is 0 Å². The highest BCUT2D eigenvalue weighted by molar-refractivity contribution is 5.24. The van der Waals surface area contributed by atoms with E-state index in [2.05, 4.69) is 23.8 Å². The van der Waals surface area contributed by atoms with Crippen molar-refractivity contribution in [3.05, 3.63) is 17.0 Å². The van der Waals surface area contributed by atoms with Crippen molar-refractivity contribution in [2.45, 2.75) is 39.3 Å². The second-order valence-corrected chi connectivity index (χ2v) is 4.91. The number of nitrogens with two attached hydrogens (primary N) is 1. The maximum Gasteiger partial charge on any atom is 0.0641 e. The summed E-state index contributed by atoms with van der Waals surface area (Å²) in [6.07, 6.45) is 2.39. The Morgan fingerprint density at radius 1 is 1.44 bits per heavy atom. The zero-order valence-corrected chi connectivity index (χ0v) is 10.5. The van der Waals surface area contributed by atoms with Crippen LogP contribution >= 0.6 is 0 Å². The van der Waals surface area contributed by atoms with Crippen molar-refractivity contribution in [1.82, 2.24) is 14.7 Å². The monoisotopic (exact) mass is 222 g/mol. The van der Waals surface area contributed by atoms with Gasteiger partial charge in [-0.25, -0.2) is 0 Å². The lowest BCUT2D eigenvalue weighted by molar-refractivity contribution is 0.201. The Hall–Kier alpha value is -0.870. The van der Waals surface area contributed by atoms with Gasteiger partial charge in [0.1, 0.15) is 0 Å². The number of aryl methyl sites for hydroxylation is 2. The van der Waals surface area contributed by atoms with E-state index in [4.69, 9.17) is 5.73 Å². The largest absolute Gasteiger partial charge is 0.327 e. The number of rotatable bonds is 2. The van der Waals surface area contributed by atoms with Gasteiger partial charge in [-0.3, -0.25) is 9.58 Å². The van der Waals surface area contributed by atoms with Gasteiger partial charge >= 0.3 is 0 Å². The van der Waals surface area contributed by atoms with Crippen molar-refractivity contribution in [2.75, 3.05) is 13.1 Å². The van der Waals surface area contributed by atoms with Gasteiger partial charge in [0.2, 0.25) is 0 Å². The summed E-state index contributed by atoms with van der Waals surface area (Å²) in [4.78, 5) is 2.45. The molecule has 0 amide bonds. The molecule has 1 fully saturated rings. The molecule has 0 radical (unpaired) electrons. The van der Waals surface area contributed by atoms with E-state index in [1.807, 2.05) is 11.7 Å². The van der Waals surface area contributed by atoms with E-state index in [9.17, 15) is 0 Å². The zero-order chi connectivity index (χ0) is 11.7. The number of piperidine rings is 1. The Morgan fingerprint density at radius 3 is 2.75 bits per heavy atom. The van der Waals surface area contributed by atoms with Gasteiger partial charge in [0, 0.05) is 37.4 Å². The van der Waals surface area contributed by atoms with E-state index in [0.717, 1.165) is 18.8 Å². The van der Waals surface area contributed by atoms with Gasteiger partial charge in [0.05, 0.1) is 5.69 Å². The fraction of sp³-hybridized carbons (Fsp3) is 0.750. The van der Waals surface area contributed by atoms with Crippen LogP contribution in [0.3, 0.4) is 0 Å². The molecule has 0 saturated carbocycles. The van der Waals surface area contributed by atoms with E-state index in [1.54, 1.807) is 0 Å². The smallest absolute Gasteiger partial charge is 0.0641 e. The highest BCUT2D eigenvalue weighted by Crippen LogP contribution is 2.17. The summed E-state index contributed by atoms with van der Waals surface area (Å²) >= 11 is 0. The summed E-state index contributed by atoms with van der Waals surface area (Å²) in [5.74, 6) is 0. The van der Waals surface area contributed by atoms with Crippen molar-refractivity contribution < 1.29 is 0 Å². The molecule has 0 bridgehead atoms. The van der Waals surface area contributed by atoms with Crippen LogP contribution < -0.4 is 5.73 Å². The van der Waals surface area contributed by atoms with Crippen LogP contribution in [0.1, 0.15) is 29.8 Å². The normalized spacial score (nSPS) is 22.6. The minimum absolute atomic E-state index is 0.353. The van der Waals surface area contributed by atoms with Crippen LogP contribution in [0.25, 0.3) is 0 Å². The van der Waals surface area contributed by atoms with Crippen molar-refractivity contribution >= 4 is 0 Å². The summed E-state index contributed by atoms with van der Waals surface area (Å²) in [6.45, 7) is 7.42. The second-order valence-electron chi connectivity index (χ2n) is 4.91. The molecular weight excluding hydrogens is 200 g/mol. The average Bonchev–Trinajstić information content (AvgIpc) is 2.45. The topological polar surface area (TPSA) is 47.1 Å². The first-order chi connectivity index (χ1) is 7.58. The van der Waals surface area contributed by atoms with Gasteiger partial charge in [-0.15, -0.1) is 0 Å². The van der Waals surface area contributed by atoms with E-state index in [0.29, 0.717) is 6.04 Å². The molecular formula is C12H22N4. The van der Waals surface area contributed by atoms with Crippen LogP contribution in [0.15, 0.2) is 0 Å². The van der Waals surface area contributed by atoms with Crippen LogP contribution in [-0.2, 0) is 13.6 Å². The molecule has 2 N–H and O–H groups in total. The molecule has 0 aliphatic carbocycles. The lowest BCUT2D eigenvalue weighted by atomic mass is 10.1. The molecule has 1 saturated heterocycles. The average molecular weight is 222 g/mol. The van der Waals surface area contributed by atoms with Gasteiger partial charge in [-0.05, 0) is 33.2 Å². The Balaban J connectivity index is 2.08.